The Morgan fingerprint density at radius 1 is 1.19 bits per heavy atom. The van der Waals surface area contributed by atoms with Gasteiger partial charge in [-0.3, -0.25) is 4.90 Å². The van der Waals surface area contributed by atoms with Crippen molar-refractivity contribution in [3.63, 3.8) is 0 Å². The van der Waals surface area contributed by atoms with Crippen LogP contribution in [0.1, 0.15) is 53.9 Å². The summed E-state index contributed by atoms with van der Waals surface area (Å²) in [4.78, 5) is 2.58. The third-order valence-corrected chi connectivity index (χ3v) is 3.98. The second-order valence-corrected chi connectivity index (χ2v) is 5.48. The Hall–Kier alpha value is -0.0800. The number of piperidine rings is 1. The van der Waals surface area contributed by atoms with Gasteiger partial charge in [0.2, 0.25) is 0 Å². The lowest BCUT2D eigenvalue weighted by molar-refractivity contribution is -0.0664. The lowest BCUT2D eigenvalue weighted by atomic mass is 9.97. The molecule has 0 aromatic rings. The van der Waals surface area contributed by atoms with Crippen LogP contribution in [0.5, 0.6) is 0 Å². The summed E-state index contributed by atoms with van der Waals surface area (Å²) in [5, 5.41) is 0. The second-order valence-electron chi connectivity index (χ2n) is 5.48. The first-order chi connectivity index (χ1) is 7.56. The van der Waals surface area contributed by atoms with Crippen molar-refractivity contribution < 1.29 is 4.74 Å². The molecule has 3 atom stereocenters. The highest BCUT2D eigenvalue weighted by atomic mass is 16.5. The van der Waals surface area contributed by atoms with E-state index < -0.39 is 0 Å². The maximum absolute atomic E-state index is 6.14. The topological polar surface area (TPSA) is 12.5 Å². The van der Waals surface area contributed by atoms with Crippen LogP contribution >= 0.6 is 0 Å². The van der Waals surface area contributed by atoms with Crippen LogP contribution in [0.3, 0.4) is 0 Å². The maximum Gasteiger partial charge on any atom is 0.0705 e. The zero-order valence-electron chi connectivity index (χ0n) is 11.7. The molecule has 96 valence electrons. The average molecular weight is 227 g/mol. The van der Waals surface area contributed by atoms with Crippen molar-refractivity contribution in [2.75, 3.05) is 13.1 Å². The normalized spacial score (nSPS) is 27.0. The van der Waals surface area contributed by atoms with Crippen molar-refractivity contribution in [2.24, 2.45) is 5.92 Å². The van der Waals surface area contributed by atoms with Gasteiger partial charge in [0.1, 0.15) is 0 Å². The van der Waals surface area contributed by atoms with Crippen molar-refractivity contribution in [2.45, 2.75) is 72.1 Å². The number of hydrogen-bond acceptors (Lipinski definition) is 2. The van der Waals surface area contributed by atoms with E-state index in [1.807, 2.05) is 0 Å². The quantitative estimate of drug-likeness (QED) is 0.714. The molecule has 1 fully saturated rings. The molecule has 16 heavy (non-hydrogen) atoms. The van der Waals surface area contributed by atoms with Gasteiger partial charge in [-0.15, -0.1) is 0 Å². The lowest BCUT2D eigenvalue weighted by Gasteiger charge is -2.39. The fourth-order valence-electron chi connectivity index (χ4n) is 2.53. The molecule has 0 aromatic carbocycles. The van der Waals surface area contributed by atoms with Crippen LogP contribution in [0.4, 0.5) is 0 Å². The fraction of sp³-hybridized carbons (Fsp3) is 1.00. The molecule has 0 spiro atoms. The molecule has 2 nitrogen and oxygen atoms in total. The molecule has 0 bridgehead atoms. The van der Waals surface area contributed by atoms with Crippen molar-refractivity contribution in [3.8, 4) is 0 Å². The van der Waals surface area contributed by atoms with E-state index in [-0.39, 0.29) is 0 Å². The highest BCUT2D eigenvalue weighted by molar-refractivity contribution is 4.81. The van der Waals surface area contributed by atoms with E-state index in [2.05, 4.69) is 39.5 Å². The summed E-state index contributed by atoms with van der Waals surface area (Å²) in [5.41, 5.74) is 0. The molecular weight excluding hydrogens is 198 g/mol. The van der Waals surface area contributed by atoms with E-state index in [9.17, 15) is 0 Å². The first-order valence-corrected chi connectivity index (χ1v) is 6.95. The zero-order chi connectivity index (χ0) is 12.1. The van der Waals surface area contributed by atoms with Crippen LogP contribution < -0.4 is 0 Å². The minimum Gasteiger partial charge on any atom is -0.374 e. The molecule has 2 heteroatoms. The first kappa shape index (κ1) is 14.0. The minimum atomic E-state index is 0.371. The second kappa shape index (κ2) is 6.61. The van der Waals surface area contributed by atoms with Crippen LogP contribution in [-0.2, 0) is 4.74 Å². The molecule has 1 aliphatic heterocycles. The highest BCUT2D eigenvalue weighted by Crippen LogP contribution is 2.22. The predicted octanol–water partition coefficient (Wildman–Crippen LogP) is 3.31. The Kier molecular flexibility index (Phi) is 5.77. The Balaban J connectivity index is 2.47. The third-order valence-electron chi connectivity index (χ3n) is 3.98. The Morgan fingerprint density at radius 2 is 1.88 bits per heavy atom. The molecule has 0 N–H and O–H groups in total. The summed E-state index contributed by atoms with van der Waals surface area (Å²) < 4.78 is 6.14. The lowest BCUT2D eigenvalue weighted by Crippen LogP contribution is -2.47. The van der Waals surface area contributed by atoms with Gasteiger partial charge in [0.25, 0.3) is 0 Å². The van der Waals surface area contributed by atoms with Gasteiger partial charge in [-0.1, -0.05) is 27.2 Å². The molecule has 1 rings (SSSR count). The number of likely N-dealkylation sites (tertiary alicyclic amines) is 1. The average Bonchev–Trinajstić information content (AvgIpc) is 2.28. The molecule has 1 saturated heterocycles. The molecule has 1 heterocycles. The molecule has 1 aliphatic rings. The van der Waals surface area contributed by atoms with E-state index in [4.69, 9.17) is 4.74 Å². The Labute approximate surface area is 101 Å². The number of rotatable bonds is 5. The van der Waals surface area contributed by atoms with Crippen molar-refractivity contribution >= 4 is 0 Å². The van der Waals surface area contributed by atoms with E-state index >= 15 is 0 Å². The number of nitrogens with zero attached hydrogens (tertiary/aromatic N) is 1. The van der Waals surface area contributed by atoms with Gasteiger partial charge in [-0.05, 0) is 45.7 Å². The van der Waals surface area contributed by atoms with Crippen molar-refractivity contribution in [1.29, 1.82) is 0 Å². The minimum absolute atomic E-state index is 0.371. The molecular formula is C14H29NO. The Bertz CT molecular complexity index is 193. The van der Waals surface area contributed by atoms with E-state index in [0.29, 0.717) is 24.2 Å². The summed E-state index contributed by atoms with van der Waals surface area (Å²) in [6, 6.07) is 0.639. The van der Waals surface area contributed by atoms with Crippen LogP contribution in [-0.4, -0.2) is 36.2 Å². The monoisotopic (exact) mass is 227 g/mol. The standard InChI is InChI=1S/C14H29NO/c1-6-15-10-8-7-9-14(15)13(5)16-12(4)11(2)3/h11-14H,6-10H2,1-5H3/t12-,13?,14?/m1/s1. The highest BCUT2D eigenvalue weighted by Gasteiger charge is 2.28. The number of ether oxygens (including phenoxy) is 1. The SMILES string of the molecule is CCN1CCCCC1C(C)O[C@H](C)C(C)C. The molecule has 0 radical (unpaired) electrons. The van der Waals surface area contributed by atoms with Crippen molar-refractivity contribution in [1.82, 2.24) is 4.90 Å². The van der Waals surface area contributed by atoms with E-state index in [0.717, 1.165) is 6.54 Å². The van der Waals surface area contributed by atoms with Crippen LogP contribution in [0.25, 0.3) is 0 Å². The van der Waals surface area contributed by atoms with Crippen LogP contribution in [0, 0.1) is 5.92 Å². The van der Waals surface area contributed by atoms with E-state index in [1.54, 1.807) is 0 Å². The molecule has 0 amide bonds. The smallest absolute Gasteiger partial charge is 0.0705 e. The fourth-order valence-corrected chi connectivity index (χ4v) is 2.53. The van der Waals surface area contributed by atoms with Gasteiger partial charge < -0.3 is 4.74 Å². The third kappa shape index (κ3) is 3.74. The molecule has 0 saturated carbocycles. The summed E-state index contributed by atoms with van der Waals surface area (Å²) in [7, 11) is 0. The summed E-state index contributed by atoms with van der Waals surface area (Å²) in [6.07, 6.45) is 4.77. The van der Waals surface area contributed by atoms with Gasteiger partial charge in [0.15, 0.2) is 0 Å². The number of hydrogen-bond donors (Lipinski definition) is 0. The summed E-state index contributed by atoms with van der Waals surface area (Å²) in [5.74, 6) is 0.612. The predicted molar refractivity (Wildman–Crippen MR) is 69.7 cm³/mol. The molecule has 2 unspecified atom stereocenters. The zero-order valence-corrected chi connectivity index (χ0v) is 11.7. The van der Waals surface area contributed by atoms with Crippen molar-refractivity contribution in [3.05, 3.63) is 0 Å². The van der Waals surface area contributed by atoms with Gasteiger partial charge in [0, 0.05) is 6.04 Å². The van der Waals surface area contributed by atoms with Crippen LogP contribution in [0.15, 0.2) is 0 Å². The maximum atomic E-state index is 6.14. The van der Waals surface area contributed by atoms with Gasteiger partial charge in [0.05, 0.1) is 12.2 Å². The summed E-state index contributed by atoms with van der Waals surface area (Å²) in [6.45, 7) is 13.6. The van der Waals surface area contributed by atoms with Gasteiger partial charge in [-0.25, -0.2) is 0 Å². The Morgan fingerprint density at radius 3 is 2.44 bits per heavy atom. The van der Waals surface area contributed by atoms with Gasteiger partial charge in [-0.2, -0.15) is 0 Å². The first-order valence-electron chi connectivity index (χ1n) is 6.95. The molecule has 0 aromatic heterocycles. The summed E-state index contributed by atoms with van der Waals surface area (Å²) >= 11 is 0. The van der Waals surface area contributed by atoms with Crippen LogP contribution in [0.2, 0.25) is 0 Å². The van der Waals surface area contributed by atoms with Gasteiger partial charge >= 0.3 is 0 Å². The largest absolute Gasteiger partial charge is 0.374 e. The number of likely N-dealkylation sites (N-methyl/N-ethyl adjacent to an activating group) is 1. The molecule has 0 aliphatic carbocycles. The van der Waals surface area contributed by atoms with E-state index in [1.165, 1.54) is 25.8 Å².